The van der Waals surface area contributed by atoms with Crippen LogP contribution in [0.4, 0.5) is 0 Å². The molecule has 1 unspecified atom stereocenters. The van der Waals surface area contributed by atoms with Gasteiger partial charge in [0.1, 0.15) is 5.75 Å². The zero-order chi connectivity index (χ0) is 13.7. The van der Waals surface area contributed by atoms with Crippen LogP contribution in [0, 0.1) is 0 Å². The zero-order valence-electron chi connectivity index (χ0n) is 10.8. The van der Waals surface area contributed by atoms with E-state index in [9.17, 15) is 0 Å². The SMILES string of the molecule is CC(N)c1cc(Br)ccc1OCCc1cccnc1. The molecule has 0 saturated carbocycles. The Kier molecular flexibility index (Phi) is 4.93. The highest BCUT2D eigenvalue weighted by molar-refractivity contribution is 9.10. The van der Waals surface area contributed by atoms with E-state index in [0.29, 0.717) is 6.61 Å². The Morgan fingerprint density at radius 2 is 2.21 bits per heavy atom. The van der Waals surface area contributed by atoms with E-state index in [1.54, 1.807) is 6.20 Å². The van der Waals surface area contributed by atoms with Crippen LogP contribution in [0.5, 0.6) is 5.75 Å². The molecule has 0 bridgehead atoms. The van der Waals surface area contributed by atoms with Crippen molar-refractivity contribution in [2.45, 2.75) is 19.4 Å². The second-order valence-electron chi connectivity index (χ2n) is 4.43. The average molecular weight is 321 g/mol. The van der Waals surface area contributed by atoms with Gasteiger partial charge in [0.15, 0.2) is 0 Å². The summed E-state index contributed by atoms with van der Waals surface area (Å²) in [5.41, 5.74) is 8.14. The van der Waals surface area contributed by atoms with Crippen LogP contribution in [0.15, 0.2) is 47.2 Å². The summed E-state index contributed by atoms with van der Waals surface area (Å²) in [6.45, 7) is 2.57. The predicted molar refractivity (Wildman–Crippen MR) is 80.2 cm³/mol. The molecule has 0 aliphatic heterocycles. The lowest BCUT2D eigenvalue weighted by Gasteiger charge is -2.14. The maximum absolute atomic E-state index is 5.96. The molecule has 1 heterocycles. The molecule has 0 amide bonds. The molecule has 4 heteroatoms. The van der Waals surface area contributed by atoms with Gasteiger partial charge < -0.3 is 10.5 Å². The topological polar surface area (TPSA) is 48.1 Å². The van der Waals surface area contributed by atoms with E-state index in [2.05, 4.69) is 20.9 Å². The number of halogens is 1. The van der Waals surface area contributed by atoms with Crippen LogP contribution in [-0.4, -0.2) is 11.6 Å². The summed E-state index contributed by atoms with van der Waals surface area (Å²) in [4.78, 5) is 4.09. The number of hydrogen-bond acceptors (Lipinski definition) is 3. The van der Waals surface area contributed by atoms with E-state index in [1.165, 1.54) is 5.56 Å². The minimum Gasteiger partial charge on any atom is -0.493 e. The molecule has 19 heavy (non-hydrogen) atoms. The quantitative estimate of drug-likeness (QED) is 0.917. The molecule has 0 saturated heterocycles. The van der Waals surface area contributed by atoms with Crippen molar-refractivity contribution in [3.8, 4) is 5.75 Å². The molecular weight excluding hydrogens is 304 g/mol. The predicted octanol–water partition coefficient (Wildman–Crippen LogP) is 3.49. The maximum atomic E-state index is 5.96. The van der Waals surface area contributed by atoms with Crippen LogP contribution in [0.3, 0.4) is 0 Å². The second kappa shape index (κ2) is 6.68. The third-order valence-electron chi connectivity index (χ3n) is 2.83. The van der Waals surface area contributed by atoms with E-state index < -0.39 is 0 Å². The summed E-state index contributed by atoms with van der Waals surface area (Å²) in [7, 11) is 0. The molecule has 2 aromatic rings. The number of nitrogens with zero attached hydrogens (tertiary/aromatic N) is 1. The van der Waals surface area contributed by atoms with Gasteiger partial charge >= 0.3 is 0 Å². The molecule has 0 spiro atoms. The molecule has 3 nitrogen and oxygen atoms in total. The molecule has 100 valence electrons. The molecule has 2 N–H and O–H groups in total. The van der Waals surface area contributed by atoms with E-state index in [0.717, 1.165) is 22.2 Å². The van der Waals surface area contributed by atoms with E-state index in [4.69, 9.17) is 10.5 Å². The smallest absolute Gasteiger partial charge is 0.124 e. The molecule has 1 aromatic carbocycles. The number of ether oxygens (including phenoxy) is 1. The Morgan fingerprint density at radius 1 is 1.37 bits per heavy atom. The van der Waals surface area contributed by atoms with Gasteiger partial charge in [-0.15, -0.1) is 0 Å². The summed E-state index contributed by atoms with van der Waals surface area (Å²) in [6, 6.07) is 9.85. The number of rotatable bonds is 5. The lowest BCUT2D eigenvalue weighted by atomic mass is 10.1. The normalized spacial score (nSPS) is 12.2. The fourth-order valence-corrected chi connectivity index (χ4v) is 2.21. The molecule has 2 rings (SSSR count). The van der Waals surface area contributed by atoms with E-state index in [1.807, 2.05) is 43.5 Å². The Hall–Kier alpha value is -1.39. The lowest BCUT2D eigenvalue weighted by molar-refractivity contribution is 0.317. The molecule has 0 radical (unpaired) electrons. The minimum absolute atomic E-state index is 0.0501. The van der Waals surface area contributed by atoms with Gasteiger partial charge in [-0.25, -0.2) is 0 Å². The van der Waals surface area contributed by atoms with Crippen molar-refractivity contribution in [2.24, 2.45) is 5.73 Å². The monoisotopic (exact) mass is 320 g/mol. The number of nitrogens with two attached hydrogens (primary N) is 1. The summed E-state index contributed by atoms with van der Waals surface area (Å²) in [6.07, 6.45) is 4.47. The fraction of sp³-hybridized carbons (Fsp3) is 0.267. The highest BCUT2D eigenvalue weighted by atomic mass is 79.9. The first-order chi connectivity index (χ1) is 9.16. The number of hydrogen-bond donors (Lipinski definition) is 1. The van der Waals surface area contributed by atoms with Crippen molar-refractivity contribution in [2.75, 3.05) is 6.61 Å². The third-order valence-corrected chi connectivity index (χ3v) is 3.33. The van der Waals surface area contributed by atoms with Gasteiger partial charge in [0.25, 0.3) is 0 Å². The van der Waals surface area contributed by atoms with Gasteiger partial charge in [-0.2, -0.15) is 0 Å². The molecule has 1 aromatic heterocycles. The van der Waals surface area contributed by atoms with Gasteiger partial charge in [-0.05, 0) is 36.8 Å². The van der Waals surface area contributed by atoms with Gasteiger partial charge in [-0.1, -0.05) is 22.0 Å². The first-order valence-electron chi connectivity index (χ1n) is 6.23. The number of aromatic nitrogens is 1. The van der Waals surface area contributed by atoms with Crippen LogP contribution in [0.1, 0.15) is 24.1 Å². The maximum Gasteiger partial charge on any atom is 0.124 e. The highest BCUT2D eigenvalue weighted by Crippen LogP contribution is 2.27. The van der Waals surface area contributed by atoms with Crippen molar-refractivity contribution in [1.29, 1.82) is 0 Å². The van der Waals surface area contributed by atoms with Crippen molar-refractivity contribution >= 4 is 15.9 Å². The van der Waals surface area contributed by atoms with Crippen LogP contribution < -0.4 is 10.5 Å². The van der Waals surface area contributed by atoms with Crippen molar-refractivity contribution in [1.82, 2.24) is 4.98 Å². The fourth-order valence-electron chi connectivity index (χ4n) is 1.83. The molecule has 0 aliphatic rings. The molecular formula is C15H17BrN2O. The first-order valence-corrected chi connectivity index (χ1v) is 7.03. The second-order valence-corrected chi connectivity index (χ2v) is 5.35. The third kappa shape index (κ3) is 4.04. The lowest BCUT2D eigenvalue weighted by Crippen LogP contribution is -2.09. The Morgan fingerprint density at radius 3 is 2.89 bits per heavy atom. The highest BCUT2D eigenvalue weighted by Gasteiger charge is 2.08. The van der Waals surface area contributed by atoms with Gasteiger partial charge in [0.2, 0.25) is 0 Å². The van der Waals surface area contributed by atoms with Crippen LogP contribution in [0.25, 0.3) is 0 Å². The van der Waals surface area contributed by atoms with Crippen molar-refractivity contribution in [3.63, 3.8) is 0 Å². The summed E-state index contributed by atoms with van der Waals surface area (Å²) >= 11 is 3.45. The van der Waals surface area contributed by atoms with Crippen LogP contribution in [0.2, 0.25) is 0 Å². The van der Waals surface area contributed by atoms with Gasteiger partial charge in [0.05, 0.1) is 6.61 Å². The zero-order valence-corrected chi connectivity index (χ0v) is 12.4. The van der Waals surface area contributed by atoms with Crippen LogP contribution >= 0.6 is 15.9 Å². The van der Waals surface area contributed by atoms with E-state index >= 15 is 0 Å². The number of pyridine rings is 1. The van der Waals surface area contributed by atoms with Crippen molar-refractivity contribution in [3.05, 3.63) is 58.3 Å². The average Bonchev–Trinajstić information content (AvgIpc) is 2.41. The molecule has 0 aliphatic carbocycles. The number of benzene rings is 1. The minimum atomic E-state index is -0.0501. The Labute approximate surface area is 121 Å². The van der Waals surface area contributed by atoms with Crippen molar-refractivity contribution < 1.29 is 4.74 Å². The van der Waals surface area contributed by atoms with Gasteiger partial charge in [-0.3, -0.25) is 4.98 Å². The van der Waals surface area contributed by atoms with Gasteiger partial charge in [0, 0.05) is 34.9 Å². The Bertz CT molecular complexity index is 529. The Balaban J connectivity index is 2.00. The molecule has 0 fully saturated rings. The summed E-state index contributed by atoms with van der Waals surface area (Å²) in [5.74, 6) is 0.849. The van der Waals surface area contributed by atoms with E-state index in [-0.39, 0.29) is 6.04 Å². The summed E-state index contributed by atoms with van der Waals surface area (Å²) < 4.78 is 6.84. The summed E-state index contributed by atoms with van der Waals surface area (Å²) in [5, 5.41) is 0. The molecule has 1 atom stereocenters. The van der Waals surface area contributed by atoms with Crippen LogP contribution in [-0.2, 0) is 6.42 Å². The largest absolute Gasteiger partial charge is 0.493 e. The first kappa shape index (κ1) is 14.0. The standard InChI is InChI=1S/C15H17BrN2O/c1-11(17)14-9-13(16)4-5-15(14)19-8-6-12-3-2-7-18-10-12/h2-5,7,9-11H,6,8,17H2,1H3.